The van der Waals surface area contributed by atoms with Crippen LogP contribution in [0.15, 0.2) is 53.1 Å². The number of hydrazine groups is 1. The van der Waals surface area contributed by atoms with Crippen molar-refractivity contribution in [1.29, 1.82) is 0 Å². The number of aromatic nitrogens is 2. The van der Waals surface area contributed by atoms with E-state index < -0.39 is 29.8 Å². The van der Waals surface area contributed by atoms with Gasteiger partial charge in [0.1, 0.15) is 5.75 Å². The quantitative estimate of drug-likeness (QED) is 0.620. The molecule has 0 saturated carbocycles. The van der Waals surface area contributed by atoms with Crippen LogP contribution in [0.3, 0.4) is 0 Å². The van der Waals surface area contributed by atoms with Crippen molar-refractivity contribution in [3.8, 4) is 17.1 Å². The summed E-state index contributed by atoms with van der Waals surface area (Å²) in [6.07, 6.45) is -4.81. The van der Waals surface area contributed by atoms with Crippen molar-refractivity contribution < 1.29 is 32.0 Å². The summed E-state index contributed by atoms with van der Waals surface area (Å²) < 4.78 is 45.1. The number of benzene rings is 2. The Bertz CT molecular complexity index is 1020. The number of hydrogen-bond acceptors (Lipinski definition) is 6. The maximum absolute atomic E-state index is 12.2. The third-order valence-corrected chi connectivity index (χ3v) is 3.61. The van der Waals surface area contributed by atoms with E-state index in [0.29, 0.717) is 5.02 Å². The molecule has 12 heteroatoms. The van der Waals surface area contributed by atoms with Gasteiger partial charge in [0, 0.05) is 16.1 Å². The van der Waals surface area contributed by atoms with E-state index in [1.165, 1.54) is 36.4 Å². The van der Waals surface area contributed by atoms with Crippen LogP contribution in [0.25, 0.3) is 11.4 Å². The zero-order valence-corrected chi connectivity index (χ0v) is 14.9. The van der Waals surface area contributed by atoms with Gasteiger partial charge in [0.2, 0.25) is 5.82 Å². The van der Waals surface area contributed by atoms with Gasteiger partial charge in [-0.15, -0.1) is 13.2 Å². The van der Waals surface area contributed by atoms with Gasteiger partial charge in [-0.1, -0.05) is 16.8 Å². The minimum atomic E-state index is -4.81. The molecule has 3 rings (SSSR count). The molecule has 2 aromatic carbocycles. The van der Waals surface area contributed by atoms with Crippen LogP contribution in [0.2, 0.25) is 5.02 Å². The van der Waals surface area contributed by atoms with E-state index in [-0.39, 0.29) is 17.0 Å². The van der Waals surface area contributed by atoms with Gasteiger partial charge in [-0.25, -0.2) is 0 Å². The predicted octanol–water partition coefficient (Wildman–Crippen LogP) is 3.36. The summed E-state index contributed by atoms with van der Waals surface area (Å²) in [6.45, 7) is 0. The zero-order valence-electron chi connectivity index (χ0n) is 14.2. The number of rotatable bonds is 4. The number of halogens is 4. The molecule has 0 aliphatic carbocycles. The summed E-state index contributed by atoms with van der Waals surface area (Å²) in [5.41, 5.74) is 4.80. The van der Waals surface area contributed by atoms with Gasteiger partial charge in [-0.3, -0.25) is 20.4 Å². The highest BCUT2D eigenvalue weighted by molar-refractivity contribution is 6.30. The van der Waals surface area contributed by atoms with Crippen LogP contribution in [0.4, 0.5) is 13.2 Å². The molecule has 0 unspecified atom stereocenters. The van der Waals surface area contributed by atoms with Gasteiger partial charge in [0.25, 0.3) is 5.91 Å². The number of hydrogen-bond donors (Lipinski definition) is 2. The first-order valence-electron chi connectivity index (χ1n) is 7.77. The largest absolute Gasteiger partial charge is 0.573 e. The fourth-order valence-corrected chi connectivity index (χ4v) is 2.21. The van der Waals surface area contributed by atoms with Crippen molar-refractivity contribution in [1.82, 2.24) is 21.0 Å². The van der Waals surface area contributed by atoms with E-state index in [1.54, 1.807) is 0 Å². The first-order chi connectivity index (χ1) is 13.7. The lowest BCUT2D eigenvalue weighted by Gasteiger charge is -2.08. The molecule has 0 atom stereocenters. The topological polar surface area (TPSA) is 106 Å². The number of nitrogens with zero attached hydrogens (tertiary/aromatic N) is 2. The third kappa shape index (κ3) is 5.45. The van der Waals surface area contributed by atoms with Crippen LogP contribution in [0.1, 0.15) is 21.0 Å². The average Bonchev–Trinajstić information content (AvgIpc) is 3.16. The molecule has 2 amide bonds. The zero-order chi connectivity index (χ0) is 21.0. The summed E-state index contributed by atoms with van der Waals surface area (Å²) in [6, 6.07) is 10.6. The Labute approximate surface area is 165 Å². The summed E-state index contributed by atoms with van der Waals surface area (Å²) in [4.78, 5) is 27.7. The minimum absolute atomic E-state index is 0.0438. The predicted molar refractivity (Wildman–Crippen MR) is 92.8 cm³/mol. The highest BCUT2D eigenvalue weighted by atomic mass is 35.5. The lowest BCUT2D eigenvalue weighted by molar-refractivity contribution is -0.274. The normalized spacial score (nSPS) is 11.0. The van der Waals surface area contributed by atoms with E-state index in [4.69, 9.17) is 16.1 Å². The molecule has 150 valence electrons. The number of carbonyl (C=O) groups is 2. The summed E-state index contributed by atoms with van der Waals surface area (Å²) in [5.74, 6) is -2.42. The van der Waals surface area contributed by atoms with E-state index >= 15 is 0 Å². The SMILES string of the molecule is O=C(NNC(=O)c1nc(-c2ccc(OC(F)(F)F)cc2)no1)c1ccc(Cl)cc1. The van der Waals surface area contributed by atoms with Crippen LogP contribution >= 0.6 is 11.6 Å². The van der Waals surface area contributed by atoms with Gasteiger partial charge in [-0.2, -0.15) is 4.98 Å². The Kier molecular flexibility index (Phi) is 5.69. The monoisotopic (exact) mass is 426 g/mol. The Balaban J connectivity index is 1.61. The molecule has 0 aliphatic heterocycles. The van der Waals surface area contributed by atoms with Crippen molar-refractivity contribution in [2.45, 2.75) is 6.36 Å². The number of amides is 2. The summed E-state index contributed by atoms with van der Waals surface area (Å²) >= 11 is 5.73. The van der Waals surface area contributed by atoms with Gasteiger partial charge in [0.15, 0.2) is 0 Å². The van der Waals surface area contributed by atoms with Crippen molar-refractivity contribution in [3.63, 3.8) is 0 Å². The second kappa shape index (κ2) is 8.19. The lowest BCUT2D eigenvalue weighted by Crippen LogP contribution is -2.41. The molecule has 0 saturated heterocycles. The van der Waals surface area contributed by atoms with E-state index in [9.17, 15) is 22.8 Å². The standard InChI is InChI=1S/C17H10ClF3N4O4/c18-11-5-1-10(2-6-11)14(26)23-24-15(27)16-22-13(25-29-16)9-3-7-12(8-4-9)28-17(19,20)21/h1-8H,(H,23,26)(H,24,27). The Hall–Kier alpha value is -3.60. The summed E-state index contributed by atoms with van der Waals surface area (Å²) in [5, 5.41) is 4.02. The molecule has 0 radical (unpaired) electrons. The second-order valence-corrected chi connectivity index (χ2v) is 5.85. The van der Waals surface area contributed by atoms with Gasteiger partial charge in [-0.05, 0) is 48.5 Å². The van der Waals surface area contributed by atoms with E-state index in [1.807, 2.05) is 0 Å². The summed E-state index contributed by atoms with van der Waals surface area (Å²) in [7, 11) is 0. The molecule has 3 aromatic rings. The number of carbonyl (C=O) groups excluding carboxylic acids is 2. The Morgan fingerprint density at radius 1 is 0.966 bits per heavy atom. The fraction of sp³-hybridized carbons (Fsp3) is 0.0588. The van der Waals surface area contributed by atoms with Gasteiger partial charge in [0.05, 0.1) is 0 Å². The average molecular weight is 427 g/mol. The first kappa shape index (κ1) is 20.1. The fourth-order valence-electron chi connectivity index (χ4n) is 2.08. The Morgan fingerprint density at radius 2 is 1.59 bits per heavy atom. The molecule has 1 aromatic heterocycles. The van der Waals surface area contributed by atoms with Gasteiger partial charge >= 0.3 is 18.2 Å². The molecule has 1 heterocycles. The van der Waals surface area contributed by atoms with Crippen molar-refractivity contribution in [2.75, 3.05) is 0 Å². The number of ether oxygens (including phenoxy) is 1. The molecule has 2 N–H and O–H groups in total. The van der Waals surface area contributed by atoms with Crippen LogP contribution < -0.4 is 15.6 Å². The third-order valence-electron chi connectivity index (χ3n) is 3.36. The van der Waals surface area contributed by atoms with Crippen molar-refractivity contribution in [3.05, 3.63) is 65.0 Å². The first-order valence-corrected chi connectivity index (χ1v) is 8.15. The van der Waals surface area contributed by atoms with Crippen LogP contribution in [-0.4, -0.2) is 28.3 Å². The van der Waals surface area contributed by atoms with Crippen LogP contribution in [0.5, 0.6) is 5.75 Å². The molecule has 0 bridgehead atoms. The smallest absolute Gasteiger partial charge is 0.406 e. The van der Waals surface area contributed by atoms with Crippen LogP contribution in [0, 0.1) is 0 Å². The van der Waals surface area contributed by atoms with E-state index in [2.05, 4.69) is 25.7 Å². The molecule has 0 fully saturated rings. The van der Waals surface area contributed by atoms with Crippen molar-refractivity contribution >= 4 is 23.4 Å². The maximum Gasteiger partial charge on any atom is 0.573 e. The highest BCUT2D eigenvalue weighted by Gasteiger charge is 2.31. The molecule has 0 spiro atoms. The molecular weight excluding hydrogens is 417 g/mol. The van der Waals surface area contributed by atoms with Crippen LogP contribution in [-0.2, 0) is 0 Å². The Morgan fingerprint density at radius 3 is 2.21 bits per heavy atom. The minimum Gasteiger partial charge on any atom is -0.406 e. The number of alkyl halides is 3. The molecule has 8 nitrogen and oxygen atoms in total. The molecule has 29 heavy (non-hydrogen) atoms. The van der Waals surface area contributed by atoms with E-state index in [0.717, 1.165) is 12.1 Å². The van der Waals surface area contributed by atoms with Gasteiger partial charge < -0.3 is 9.26 Å². The van der Waals surface area contributed by atoms with Crippen molar-refractivity contribution in [2.24, 2.45) is 0 Å². The maximum atomic E-state index is 12.2. The number of nitrogens with one attached hydrogen (secondary N) is 2. The second-order valence-electron chi connectivity index (χ2n) is 5.41. The molecular formula is C17H10ClF3N4O4. The lowest BCUT2D eigenvalue weighted by atomic mass is 10.2. The molecule has 0 aliphatic rings. The highest BCUT2D eigenvalue weighted by Crippen LogP contribution is 2.25.